The third-order valence-corrected chi connectivity index (χ3v) is 4.33. The molecule has 1 aliphatic rings. The lowest BCUT2D eigenvalue weighted by atomic mass is 10.1. The van der Waals surface area contributed by atoms with E-state index in [2.05, 4.69) is 30.3 Å². The molecule has 29 heavy (non-hydrogen) atoms. The first-order chi connectivity index (χ1) is 13.9. The van der Waals surface area contributed by atoms with Gasteiger partial charge in [-0.15, -0.1) is 0 Å². The lowest BCUT2D eigenvalue weighted by Crippen LogP contribution is -2.31. The number of carbonyl (C=O) groups is 1. The predicted molar refractivity (Wildman–Crippen MR) is 98.6 cm³/mol. The highest BCUT2D eigenvalue weighted by Crippen LogP contribution is 2.39. The third kappa shape index (κ3) is 3.53. The maximum atomic E-state index is 14.1. The fourth-order valence-corrected chi connectivity index (χ4v) is 3.16. The molecule has 3 aromatic rings. The van der Waals surface area contributed by atoms with Crippen LogP contribution in [0.25, 0.3) is 11.4 Å². The Balaban J connectivity index is 1.87. The molecule has 1 amide bonds. The van der Waals surface area contributed by atoms with Gasteiger partial charge in [-0.1, -0.05) is 6.07 Å². The van der Waals surface area contributed by atoms with E-state index in [0.29, 0.717) is 30.0 Å². The lowest BCUT2D eigenvalue weighted by Gasteiger charge is -2.17. The first kappa shape index (κ1) is 18.6. The van der Waals surface area contributed by atoms with Gasteiger partial charge in [-0.25, -0.2) is 14.4 Å². The van der Waals surface area contributed by atoms with Crippen molar-refractivity contribution >= 4 is 23.2 Å². The Morgan fingerprint density at radius 2 is 2.10 bits per heavy atom. The number of aromatic amines is 1. The van der Waals surface area contributed by atoms with E-state index in [1.54, 1.807) is 6.07 Å². The van der Waals surface area contributed by atoms with Gasteiger partial charge in [0.25, 0.3) is 5.91 Å². The zero-order valence-corrected chi connectivity index (χ0v) is 14.8. The van der Waals surface area contributed by atoms with E-state index in [1.807, 2.05) is 0 Å². The number of nitrogens with two attached hydrogens (primary N) is 1. The van der Waals surface area contributed by atoms with Crippen molar-refractivity contribution in [3.05, 3.63) is 47.5 Å². The number of ether oxygens (including phenoxy) is 1. The zero-order valence-electron chi connectivity index (χ0n) is 14.8. The summed E-state index contributed by atoms with van der Waals surface area (Å²) in [7, 11) is 0. The highest BCUT2D eigenvalue weighted by Gasteiger charge is 2.28. The number of halogens is 3. The molecule has 1 aliphatic heterocycles. The average Bonchev–Trinajstić information content (AvgIpc) is 3.04. The fraction of sp³-hybridized carbons (Fsp3) is 0.167. The van der Waals surface area contributed by atoms with Gasteiger partial charge >= 0.3 is 6.61 Å². The Bertz CT molecular complexity index is 1090. The molecule has 5 N–H and O–H groups in total. The lowest BCUT2D eigenvalue weighted by molar-refractivity contribution is -0.0516. The number of benzene rings is 1. The van der Waals surface area contributed by atoms with Crippen molar-refractivity contribution < 1.29 is 22.7 Å². The number of alkyl halides is 2. The van der Waals surface area contributed by atoms with Crippen LogP contribution in [0.2, 0.25) is 0 Å². The Labute approximate surface area is 162 Å². The van der Waals surface area contributed by atoms with Crippen LogP contribution >= 0.6 is 0 Å². The van der Waals surface area contributed by atoms with Gasteiger partial charge in [0.2, 0.25) is 5.95 Å². The van der Waals surface area contributed by atoms with E-state index >= 15 is 0 Å². The molecule has 0 bridgehead atoms. The number of hydrogen-bond acceptors (Lipinski definition) is 6. The van der Waals surface area contributed by atoms with Crippen LogP contribution < -0.4 is 21.1 Å². The summed E-state index contributed by atoms with van der Waals surface area (Å²) in [5, 5.41) is 5.57. The molecule has 4 rings (SSSR count). The summed E-state index contributed by atoms with van der Waals surface area (Å²) >= 11 is 0. The topological polar surface area (TPSA) is 118 Å². The van der Waals surface area contributed by atoms with E-state index in [4.69, 9.17) is 5.73 Å². The smallest absolute Gasteiger partial charge is 0.387 e. The summed E-state index contributed by atoms with van der Waals surface area (Å²) in [6, 6.07) is 5.25. The van der Waals surface area contributed by atoms with Crippen LogP contribution in [0.3, 0.4) is 0 Å². The van der Waals surface area contributed by atoms with Gasteiger partial charge < -0.3 is 26.1 Å². The third-order valence-electron chi connectivity index (χ3n) is 4.33. The van der Waals surface area contributed by atoms with Crippen molar-refractivity contribution in [2.45, 2.75) is 13.0 Å². The second kappa shape index (κ2) is 7.34. The Morgan fingerprint density at radius 3 is 2.86 bits per heavy atom. The second-order valence-electron chi connectivity index (χ2n) is 6.15. The van der Waals surface area contributed by atoms with E-state index in [0.717, 1.165) is 6.07 Å². The Kier molecular flexibility index (Phi) is 4.71. The molecular formula is C18H15F3N6O2. The van der Waals surface area contributed by atoms with Crippen LogP contribution in [0.5, 0.6) is 5.75 Å². The molecular weight excluding hydrogens is 389 g/mol. The summed E-state index contributed by atoms with van der Waals surface area (Å²) < 4.78 is 44.0. The number of aromatic nitrogens is 3. The maximum absolute atomic E-state index is 14.1. The predicted octanol–water partition coefficient (Wildman–Crippen LogP) is 2.82. The van der Waals surface area contributed by atoms with E-state index in [9.17, 15) is 18.0 Å². The number of nitrogens with one attached hydrogen (secondary N) is 3. The van der Waals surface area contributed by atoms with Crippen molar-refractivity contribution in [1.82, 2.24) is 20.3 Å². The molecule has 0 fully saturated rings. The molecule has 0 spiro atoms. The summed E-state index contributed by atoms with van der Waals surface area (Å²) in [6.45, 7) is -2.80. The molecule has 0 aliphatic carbocycles. The van der Waals surface area contributed by atoms with Crippen molar-refractivity contribution in [3.63, 3.8) is 0 Å². The van der Waals surface area contributed by atoms with Gasteiger partial charge in [0, 0.05) is 24.9 Å². The first-order valence-corrected chi connectivity index (χ1v) is 8.56. The maximum Gasteiger partial charge on any atom is 0.387 e. The molecule has 11 heteroatoms. The van der Waals surface area contributed by atoms with Crippen LogP contribution in [-0.4, -0.2) is 34.0 Å². The highest BCUT2D eigenvalue weighted by molar-refractivity contribution is 6.06. The van der Waals surface area contributed by atoms with Crippen molar-refractivity contribution in [3.8, 4) is 17.1 Å². The van der Waals surface area contributed by atoms with Gasteiger partial charge in [0.1, 0.15) is 0 Å². The minimum atomic E-state index is -3.22. The molecule has 1 aromatic carbocycles. The number of nitrogen functional groups attached to an aromatic ring is 1. The van der Waals surface area contributed by atoms with E-state index in [-0.39, 0.29) is 28.8 Å². The molecule has 8 nitrogen and oxygen atoms in total. The minimum absolute atomic E-state index is 0.0120. The number of para-hydroxylation sites is 1. The molecule has 3 heterocycles. The monoisotopic (exact) mass is 404 g/mol. The molecule has 0 saturated carbocycles. The van der Waals surface area contributed by atoms with Crippen molar-refractivity contribution in [1.29, 1.82) is 0 Å². The van der Waals surface area contributed by atoms with E-state index in [1.165, 1.54) is 18.3 Å². The molecule has 0 radical (unpaired) electrons. The standard InChI is InChI=1S/C18H15F3N6O2/c19-8-2-1-3-11(15(8)29-17(20)21)26-14-12-9(4-6-23-16(12)28)25-13(14)10-5-7-24-18(22)27-10/h1-3,5,7,17,25-26H,4,6H2,(H,23,28)(H2,22,24,27). The number of rotatable bonds is 5. The first-order valence-electron chi connectivity index (χ1n) is 8.56. The Hall–Kier alpha value is -3.76. The minimum Gasteiger partial charge on any atom is -0.429 e. The number of H-pyrrole nitrogens is 1. The van der Waals surface area contributed by atoms with Crippen molar-refractivity contribution in [2.24, 2.45) is 0 Å². The molecule has 150 valence electrons. The SMILES string of the molecule is Nc1nccc(-c2[nH]c3c(c2Nc2cccc(F)c2OC(F)F)C(=O)NCC3)n1. The largest absolute Gasteiger partial charge is 0.429 e. The van der Waals surface area contributed by atoms with Gasteiger partial charge in [-0.2, -0.15) is 8.78 Å². The summed E-state index contributed by atoms with van der Waals surface area (Å²) in [5.41, 5.74) is 7.47. The number of nitrogens with zero attached hydrogens (tertiary/aromatic N) is 2. The van der Waals surface area contributed by atoms with Gasteiger partial charge in [-0.05, 0) is 18.2 Å². The van der Waals surface area contributed by atoms with E-state index < -0.39 is 18.2 Å². The average molecular weight is 404 g/mol. The summed E-state index contributed by atoms with van der Waals surface area (Å²) in [5.74, 6) is -2.00. The normalized spacial score (nSPS) is 13.2. The molecule has 0 atom stereocenters. The molecule has 0 unspecified atom stereocenters. The quantitative estimate of drug-likeness (QED) is 0.519. The number of hydrogen-bond donors (Lipinski definition) is 4. The van der Waals surface area contributed by atoms with Crippen LogP contribution in [0, 0.1) is 5.82 Å². The molecule has 2 aromatic heterocycles. The number of amides is 1. The van der Waals surface area contributed by atoms with Crippen LogP contribution in [0.15, 0.2) is 30.5 Å². The second-order valence-corrected chi connectivity index (χ2v) is 6.15. The van der Waals surface area contributed by atoms with Crippen LogP contribution in [0.4, 0.5) is 30.5 Å². The van der Waals surface area contributed by atoms with Gasteiger partial charge in [0.15, 0.2) is 11.6 Å². The fourth-order valence-electron chi connectivity index (χ4n) is 3.16. The number of anilines is 3. The van der Waals surface area contributed by atoms with Crippen LogP contribution in [0.1, 0.15) is 16.1 Å². The van der Waals surface area contributed by atoms with Gasteiger partial charge in [0.05, 0.1) is 28.3 Å². The number of fused-ring (bicyclic) bond motifs is 1. The van der Waals surface area contributed by atoms with Crippen LogP contribution in [-0.2, 0) is 6.42 Å². The zero-order chi connectivity index (χ0) is 20.5. The Morgan fingerprint density at radius 1 is 1.28 bits per heavy atom. The molecule has 0 saturated heterocycles. The van der Waals surface area contributed by atoms with Gasteiger partial charge in [-0.3, -0.25) is 4.79 Å². The van der Waals surface area contributed by atoms with Crippen molar-refractivity contribution in [2.75, 3.05) is 17.6 Å². The summed E-state index contributed by atoms with van der Waals surface area (Å²) in [6.07, 6.45) is 1.95. The summed E-state index contributed by atoms with van der Waals surface area (Å²) in [4.78, 5) is 23.6. The number of carbonyl (C=O) groups excluding carboxylic acids is 1. The highest BCUT2D eigenvalue weighted by atomic mass is 19.3.